The number of morpholine rings is 1. The lowest BCUT2D eigenvalue weighted by Gasteiger charge is -2.22. The van der Waals surface area contributed by atoms with E-state index < -0.39 is 11.9 Å². The van der Waals surface area contributed by atoms with Crippen molar-refractivity contribution in [3.05, 3.63) is 24.0 Å². The highest BCUT2D eigenvalue weighted by Gasteiger charge is 2.22. The third-order valence-electron chi connectivity index (χ3n) is 2.65. The maximum Gasteiger partial charge on any atom is 0.254 e. The first-order valence-corrected chi connectivity index (χ1v) is 5.67. The second-order valence-corrected chi connectivity index (χ2v) is 3.90. The Bertz CT molecular complexity index is 439. The lowest BCUT2D eigenvalue weighted by molar-refractivity contribution is -0.128. The van der Waals surface area contributed by atoms with Crippen LogP contribution in [-0.4, -0.2) is 38.8 Å². The lowest BCUT2D eigenvalue weighted by Crippen LogP contribution is -2.45. The molecule has 2 rings (SSSR count). The van der Waals surface area contributed by atoms with Crippen molar-refractivity contribution in [3.8, 4) is 5.75 Å². The number of halogens is 2. The number of methoxy groups -OCH3 is 1. The average molecular weight is 291 g/mol. The van der Waals surface area contributed by atoms with E-state index in [2.05, 4.69) is 10.6 Å². The summed E-state index contributed by atoms with van der Waals surface area (Å²) in [7, 11) is 1.48. The zero-order chi connectivity index (χ0) is 13.0. The Morgan fingerprint density at radius 3 is 3.00 bits per heavy atom. The lowest BCUT2D eigenvalue weighted by atomic mass is 10.2. The predicted molar refractivity (Wildman–Crippen MR) is 71.4 cm³/mol. The smallest absolute Gasteiger partial charge is 0.254 e. The summed E-state index contributed by atoms with van der Waals surface area (Å²) in [6, 6.07) is 4.17. The largest absolute Gasteiger partial charge is 0.497 e. The molecule has 19 heavy (non-hydrogen) atoms. The van der Waals surface area contributed by atoms with Crippen LogP contribution in [0.25, 0.3) is 0 Å². The van der Waals surface area contributed by atoms with Crippen molar-refractivity contribution in [1.29, 1.82) is 0 Å². The Morgan fingerprint density at radius 1 is 1.58 bits per heavy atom. The first-order chi connectivity index (χ1) is 8.70. The summed E-state index contributed by atoms with van der Waals surface area (Å²) < 4.78 is 23.8. The molecule has 0 radical (unpaired) electrons. The van der Waals surface area contributed by atoms with Crippen molar-refractivity contribution in [1.82, 2.24) is 5.32 Å². The Hall–Kier alpha value is -1.37. The molecule has 0 spiro atoms. The highest BCUT2D eigenvalue weighted by atomic mass is 35.5. The number of amides is 1. The van der Waals surface area contributed by atoms with Gasteiger partial charge in [-0.3, -0.25) is 4.79 Å². The van der Waals surface area contributed by atoms with Crippen LogP contribution in [0.15, 0.2) is 18.2 Å². The molecule has 1 amide bonds. The molecular formula is C12H16ClFN2O3. The van der Waals surface area contributed by atoms with Crippen LogP contribution in [0.5, 0.6) is 5.75 Å². The summed E-state index contributed by atoms with van der Waals surface area (Å²) in [5.41, 5.74) is 0.0912. The Kier molecular flexibility index (Phi) is 6.01. The molecule has 1 aromatic carbocycles. The summed E-state index contributed by atoms with van der Waals surface area (Å²) in [4.78, 5) is 11.8. The van der Waals surface area contributed by atoms with Gasteiger partial charge in [-0.05, 0) is 12.1 Å². The van der Waals surface area contributed by atoms with Crippen molar-refractivity contribution >= 4 is 24.0 Å². The number of hydrogen-bond acceptors (Lipinski definition) is 4. The number of ether oxygens (including phenoxy) is 2. The van der Waals surface area contributed by atoms with Crippen LogP contribution in [-0.2, 0) is 9.53 Å². The van der Waals surface area contributed by atoms with Crippen molar-refractivity contribution in [2.45, 2.75) is 6.10 Å². The average Bonchev–Trinajstić information content (AvgIpc) is 2.42. The molecule has 106 valence electrons. The van der Waals surface area contributed by atoms with Crippen LogP contribution < -0.4 is 15.4 Å². The molecule has 1 aliphatic rings. The molecule has 7 heteroatoms. The van der Waals surface area contributed by atoms with Gasteiger partial charge in [-0.15, -0.1) is 12.4 Å². The molecule has 1 aliphatic heterocycles. The summed E-state index contributed by atoms with van der Waals surface area (Å²) >= 11 is 0. The van der Waals surface area contributed by atoms with Crippen LogP contribution in [0, 0.1) is 5.82 Å². The van der Waals surface area contributed by atoms with Crippen LogP contribution >= 0.6 is 12.4 Å². The monoisotopic (exact) mass is 290 g/mol. The van der Waals surface area contributed by atoms with Gasteiger partial charge in [0.25, 0.3) is 5.91 Å². The van der Waals surface area contributed by atoms with Gasteiger partial charge in [-0.2, -0.15) is 0 Å². The molecule has 1 aromatic rings. The minimum atomic E-state index is -0.593. The summed E-state index contributed by atoms with van der Waals surface area (Å²) in [5, 5.41) is 5.53. The summed E-state index contributed by atoms with van der Waals surface area (Å²) in [5.74, 6) is -0.392. The number of benzene rings is 1. The summed E-state index contributed by atoms with van der Waals surface area (Å²) in [6.45, 7) is 1.62. The van der Waals surface area contributed by atoms with Gasteiger partial charge < -0.3 is 20.1 Å². The molecule has 1 unspecified atom stereocenters. The third kappa shape index (κ3) is 4.05. The van der Waals surface area contributed by atoms with E-state index in [1.165, 1.54) is 25.3 Å². The second-order valence-electron chi connectivity index (χ2n) is 3.90. The number of hydrogen-bond donors (Lipinski definition) is 2. The minimum Gasteiger partial charge on any atom is -0.497 e. The van der Waals surface area contributed by atoms with Crippen LogP contribution in [0.2, 0.25) is 0 Å². The molecule has 0 saturated carbocycles. The Morgan fingerprint density at radius 2 is 2.37 bits per heavy atom. The van der Waals surface area contributed by atoms with E-state index in [9.17, 15) is 9.18 Å². The minimum absolute atomic E-state index is 0. The van der Waals surface area contributed by atoms with Gasteiger partial charge in [0.05, 0.1) is 19.4 Å². The number of carbonyl (C=O) groups is 1. The number of anilines is 1. The first-order valence-electron chi connectivity index (χ1n) is 5.67. The fourth-order valence-electron chi connectivity index (χ4n) is 1.67. The first kappa shape index (κ1) is 15.7. The molecule has 0 aromatic heterocycles. The van der Waals surface area contributed by atoms with E-state index in [4.69, 9.17) is 9.47 Å². The Balaban J connectivity index is 0.00000180. The van der Waals surface area contributed by atoms with Gasteiger partial charge in [0.2, 0.25) is 0 Å². The molecule has 1 heterocycles. The standard InChI is InChI=1S/C12H15FN2O3.ClH/c1-17-8-2-3-9(13)10(6-8)15-12(16)11-7-14-4-5-18-11;/h2-3,6,11,14H,4-5,7H2,1H3,(H,15,16);1H. The molecule has 1 atom stereocenters. The molecule has 5 nitrogen and oxygen atoms in total. The van der Waals surface area contributed by atoms with Crippen molar-refractivity contribution in [3.63, 3.8) is 0 Å². The maximum atomic E-state index is 13.5. The normalized spacial score (nSPS) is 18.3. The second kappa shape index (κ2) is 7.28. The van der Waals surface area contributed by atoms with Gasteiger partial charge in [0, 0.05) is 19.2 Å². The molecule has 1 fully saturated rings. The van der Waals surface area contributed by atoms with Crippen LogP contribution in [0.3, 0.4) is 0 Å². The van der Waals surface area contributed by atoms with Gasteiger partial charge in [-0.25, -0.2) is 4.39 Å². The van der Waals surface area contributed by atoms with Crippen molar-refractivity contribution in [2.75, 3.05) is 32.1 Å². The van der Waals surface area contributed by atoms with Crippen molar-refractivity contribution in [2.24, 2.45) is 0 Å². The maximum absolute atomic E-state index is 13.5. The zero-order valence-electron chi connectivity index (χ0n) is 10.4. The number of nitrogens with one attached hydrogen (secondary N) is 2. The van der Waals surface area contributed by atoms with Crippen LogP contribution in [0.4, 0.5) is 10.1 Å². The van der Waals surface area contributed by atoms with E-state index in [0.29, 0.717) is 18.9 Å². The topological polar surface area (TPSA) is 59.6 Å². The Labute approximate surface area is 116 Å². The van der Waals surface area contributed by atoms with E-state index in [1.54, 1.807) is 0 Å². The van der Waals surface area contributed by atoms with E-state index in [1.807, 2.05) is 0 Å². The molecule has 0 bridgehead atoms. The third-order valence-corrected chi connectivity index (χ3v) is 2.65. The van der Waals surface area contributed by atoms with Gasteiger partial charge >= 0.3 is 0 Å². The fourth-order valence-corrected chi connectivity index (χ4v) is 1.67. The fraction of sp³-hybridized carbons (Fsp3) is 0.417. The van der Waals surface area contributed by atoms with Crippen LogP contribution in [0.1, 0.15) is 0 Å². The predicted octanol–water partition coefficient (Wildman–Crippen LogP) is 1.18. The van der Waals surface area contributed by atoms with E-state index in [-0.39, 0.29) is 24.0 Å². The van der Waals surface area contributed by atoms with E-state index in [0.717, 1.165) is 6.54 Å². The van der Waals surface area contributed by atoms with Gasteiger partial charge in [0.1, 0.15) is 17.7 Å². The SMILES string of the molecule is COc1ccc(F)c(NC(=O)C2CNCCO2)c1.Cl. The van der Waals surface area contributed by atoms with Gasteiger partial charge in [0.15, 0.2) is 0 Å². The van der Waals surface area contributed by atoms with Gasteiger partial charge in [-0.1, -0.05) is 0 Å². The summed E-state index contributed by atoms with van der Waals surface area (Å²) in [6.07, 6.45) is -0.593. The number of carbonyl (C=O) groups excluding carboxylic acids is 1. The van der Waals surface area contributed by atoms with Crippen molar-refractivity contribution < 1.29 is 18.7 Å². The highest BCUT2D eigenvalue weighted by molar-refractivity contribution is 5.94. The molecule has 1 saturated heterocycles. The quantitative estimate of drug-likeness (QED) is 0.878. The molecule has 2 N–H and O–H groups in total. The molecule has 0 aliphatic carbocycles. The zero-order valence-corrected chi connectivity index (χ0v) is 11.3. The number of rotatable bonds is 3. The van der Waals surface area contributed by atoms with E-state index >= 15 is 0 Å². The highest BCUT2D eigenvalue weighted by Crippen LogP contribution is 2.21. The molecular weight excluding hydrogens is 275 g/mol.